The molecule has 106 valence electrons. The first-order valence-corrected chi connectivity index (χ1v) is 6.02. The number of carboxylic acids is 1. The Balaban J connectivity index is 2.41. The van der Waals surface area contributed by atoms with E-state index in [1.807, 2.05) is 13.8 Å². The number of rotatable bonds is 7. The maximum atomic E-state index is 11.9. The zero-order chi connectivity index (χ0) is 14.3. The molecule has 1 aromatic rings. The highest BCUT2D eigenvalue weighted by Gasteiger charge is 2.17. The molecule has 1 heterocycles. The van der Waals surface area contributed by atoms with Crippen molar-refractivity contribution < 1.29 is 19.2 Å². The standard InChI is InChI=1S/C11H18N4O4/c1-8(2)15(5-3-4-10(16)17)11(18)12-6-9-13-7-19-14-9/h7-8H,3-6H2,1-2H3,(H,12,18)(H,16,17). The van der Waals surface area contributed by atoms with Crippen LogP contribution in [0.5, 0.6) is 0 Å². The lowest BCUT2D eigenvalue weighted by atomic mass is 10.2. The van der Waals surface area contributed by atoms with Gasteiger partial charge < -0.3 is 19.8 Å². The van der Waals surface area contributed by atoms with Crippen LogP contribution in [0.15, 0.2) is 10.9 Å². The summed E-state index contributed by atoms with van der Waals surface area (Å²) >= 11 is 0. The molecule has 8 heteroatoms. The van der Waals surface area contributed by atoms with Crippen LogP contribution in [-0.2, 0) is 11.3 Å². The molecule has 0 aromatic carbocycles. The lowest BCUT2D eigenvalue weighted by molar-refractivity contribution is -0.137. The monoisotopic (exact) mass is 270 g/mol. The minimum atomic E-state index is -0.865. The van der Waals surface area contributed by atoms with Crippen molar-refractivity contribution in [2.45, 2.75) is 39.3 Å². The molecule has 0 aliphatic rings. The highest BCUT2D eigenvalue weighted by atomic mass is 16.5. The third kappa shape index (κ3) is 5.36. The van der Waals surface area contributed by atoms with E-state index < -0.39 is 5.97 Å². The molecule has 8 nitrogen and oxygen atoms in total. The number of carboxylic acid groups (broad SMARTS) is 1. The normalized spacial score (nSPS) is 10.5. The quantitative estimate of drug-likeness (QED) is 0.760. The summed E-state index contributed by atoms with van der Waals surface area (Å²) in [6.07, 6.45) is 1.65. The molecule has 0 radical (unpaired) electrons. The second-order valence-electron chi connectivity index (χ2n) is 4.29. The van der Waals surface area contributed by atoms with E-state index in [2.05, 4.69) is 20.0 Å². The fourth-order valence-corrected chi connectivity index (χ4v) is 1.52. The van der Waals surface area contributed by atoms with Gasteiger partial charge in [0.1, 0.15) is 0 Å². The zero-order valence-electron chi connectivity index (χ0n) is 11.0. The van der Waals surface area contributed by atoms with E-state index in [1.165, 1.54) is 6.39 Å². The minimum absolute atomic E-state index is 0.0148. The lowest BCUT2D eigenvalue weighted by Crippen LogP contribution is -2.44. The summed E-state index contributed by atoms with van der Waals surface area (Å²) in [6.45, 7) is 4.31. The summed E-state index contributed by atoms with van der Waals surface area (Å²) in [4.78, 5) is 27.8. The molecule has 0 bridgehead atoms. The average Bonchev–Trinajstić information content (AvgIpc) is 2.84. The van der Waals surface area contributed by atoms with Gasteiger partial charge in [0.15, 0.2) is 5.82 Å². The number of aliphatic carboxylic acids is 1. The van der Waals surface area contributed by atoms with Gasteiger partial charge in [-0.1, -0.05) is 5.16 Å². The van der Waals surface area contributed by atoms with Crippen molar-refractivity contribution in [2.24, 2.45) is 0 Å². The zero-order valence-corrected chi connectivity index (χ0v) is 11.0. The van der Waals surface area contributed by atoms with Gasteiger partial charge in [-0.15, -0.1) is 0 Å². The number of aromatic nitrogens is 2. The van der Waals surface area contributed by atoms with Gasteiger partial charge in [0, 0.05) is 19.0 Å². The first kappa shape index (κ1) is 14.9. The molecule has 0 spiro atoms. The van der Waals surface area contributed by atoms with Gasteiger partial charge in [-0.2, -0.15) is 4.98 Å². The van der Waals surface area contributed by atoms with Crippen molar-refractivity contribution in [1.29, 1.82) is 0 Å². The second-order valence-corrected chi connectivity index (χ2v) is 4.29. The van der Waals surface area contributed by atoms with E-state index in [4.69, 9.17) is 5.11 Å². The van der Waals surface area contributed by atoms with Crippen molar-refractivity contribution in [3.8, 4) is 0 Å². The van der Waals surface area contributed by atoms with Gasteiger partial charge in [0.2, 0.25) is 6.39 Å². The SMILES string of the molecule is CC(C)N(CCCC(=O)O)C(=O)NCc1ncon1. The van der Waals surface area contributed by atoms with Crippen molar-refractivity contribution >= 4 is 12.0 Å². The van der Waals surface area contributed by atoms with Crippen LogP contribution in [0.1, 0.15) is 32.5 Å². The van der Waals surface area contributed by atoms with Crippen LogP contribution in [0, 0.1) is 0 Å². The Bertz CT molecular complexity index is 405. The maximum absolute atomic E-state index is 11.9. The summed E-state index contributed by atoms with van der Waals surface area (Å²) in [7, 11) is 0. The predicted octanol–water partition coefficient (Wildman–Crippen LogP) is 0.854. The van der Waals surface area contributed by atoms with Gasteiger partial charge in [0.25, 0.3) is 0 Å². The van der Waals surface area contributed by atoms with Crippen LogP contribution in [0.4, 0.5) is 4.79 Å². The van der Waals surface area contributed by atoms with Gasteiger partial charge >= 0.3 is 12.0 Å². The molecule has 2 N–H and O–H groups in total. The topological polar surface area (TPSA) is 109 Å². The van der Waals surface area contributed by atoms with Crippen LogP contribution in [0.3, 0.4) is 0 Å². The molecule has 0 unspecified atom stereocenters. The van der Waals surface area contributed by atoms with E-state index in [9.17, 15) is 9.59 Å². The minimum Gasteiger partial charge on any atom is -0.481 e. The van der Waals surface area contributed by atoms with E-state index in [0.717, 1.165) is 0 Å². The fraction of sp³-hybridized carbons (Fsp3) is 0.636. The van der Waals surface area contributed by atoms with Crippen LogP contribution in [-0.4, -0.2) is 44.7 Å². The summed E-state index contributed by atoms with van der Waals surface area (Å²) < 4.78 is 4.55. The fourth-order valence-electron chi connectivity index (χ4n) is 1.52. The van der Waals surface area contributed by atoms with Gasteiger partial charge in [-0.25, -0.2) is 4.79 Å². The summed E-state index contributed by atoms with van der Waals surface area (Å²) in [6, 6.07) is -0.288. The van der Waals surface area contributed by atoms with Gasteiger partial charge in [-0.05, 0) is 20.3 Å². The van der Waals surface area contributed by atoms with Crippen LogP contribution in [0.25, 0.3) is 0 Å². The number of carbonyl (C=O) groups excluding carboxylic acids is 1. The highest BCUT2D eigenvalue weighted by molar-refractivity contribution is 5.74. The van der Waals surface area contributed by atoms with Crippen molar-refractivity contribution in [3.63, 3.8) is 0 Å². The third-order valence-corrected chi connectivity index (χ3v) is 2.48. The number of amides is 2. The second kappa shape index (κ2) is 7.34. The van der Waals surface area contributed by atoms with Crippen molar-refractivity contribution in [2.75, 3.05) is 6.54 Å². The Hall–Kier alpha value is -2.12. The van der Waals surface area contributed by atoms with Gasteiger partial charge in [0.05, 0.1) is 6.54 Å². The Labute approximate surface area is 110 Å². The first-order chi connectivity index (χ1) is 9.00. The molecule has 1 aromatic heterocycles. The predicted molar refractivity (Wildman–Crippen MR) is 65.2 cm³/mol. The number of nitrogens with zero attached hydrogens (tertiary/aromatic N) is 3. The molecular weight excluding hydrogens is 252 g/mol. The lowest BCUT2D eigenvalue weighted by Gasteiger charge is -2.26. The van der Waals surface area contributed by atoms with Crippen molar-refractivity contribution in [1.82, 2.24) is 20.4 Å². The number of carbonyl (C=O) groups is 2. The Kier molecular flexibility index (Phi) is 5.77. The molecule has 0 saturated carbocycles. The smallest absolute Gasteiger partial charge is 0.318 e. The van der Waals surface area contributed by atoms with Crippen LogP contribution < -0.4 is 5.32 Å². The van der Waals surface area contributed by atoms with E-state index in [0.29, 0.717) is 18.8 Å². The molecule has 0 aliphatic heterocycles. The summed E-state index contributed by atoms with van der Waals surface area (Å²) in [5.41, 5.74) is 0. The van der Waals surface area contributed by atoms with Crippen LogP contribution >= 0.6 is 0 Å². The molecular formula is C11H18N4O4. The maximum Gasteiger partial charge on any atom is 0.318 e. The molecule has 0 aliphatic carbocycles. The molecule has 0 atom stereocenters. The Morgan fingerprint density at radius 3 is 2.79 bits per heavy atom. The Morgan fingerprint density at radius 2 is 2.26 bits per heavy atom. The first-order valence-electron chi connectivity index (χ1n) is 6.02. The number of nitrogens with one attached hydrogen (secondary N) is 1. The number of urea groups is 1. The van der Waals surface area contributed by atoms with Crippen molar-refractivity contribution in [3.05, 3.63) is 12.2 Å². The summed E-state index contributed by atoms with van der Waals surface area (Å²) in [5.74, 6) is -0.474. The van der Waals surface area contributed by atoms with E-state index in [1.54, 1.807) is 4.90 Å². The van der Waals surface area contributed by atoms with E-state index in [-0.39, 0.29) is 25.0 Å². The van der Waals surface area contributed by atoms with Gasteiger partial charge in [-0.3, -0.25) is 4.79 Å². The highest BCUT2D eigenvalue weighted by Crippen LogP contribution is 2.03. The molecule has 19 heavy (non-hydrogen) atoms. The van der Waals surface area contributed by atoms with Crippen LogP contribution in [0.2, 0.25) is 0 Å². The molecule has 2 amide bonds. The summed E-state index contributed by atoms with van der Waals surface area (Å²) in [5, 5.41) is 14.8. The number of hydrogen-bond acceptors (Lipinski definition) is 5. The molecule has 0 saturated heterocycles. The van der Waals surface area contributed by atoms with E-state index >= 15 is 0 Å². The number of hydrogen-bond donors (Lipinski definition) is 2. The Morgan fingerprint density at radius 1 is 1.53 bits per heavy atom. The average molecular weight is 270 g/mol. The largest absolute Gasteiger partial charge is 0.481 e. The molecule has 1 rings (SSSR count). The molecule has 0 fully saturated rings. The third-order valence-electron chi connectivity index (χ3n) is 2.48.